The van der Waals surface area contributed by atoms with E-state index in [2.05, 4.69) is 64.8 Å². The second kappa shape index (κ2) is 7.41. The second-order valence-corrected chi connectivity index (χ2v) is 9.02. The molecule has 2 aromatic rings. The lowest BCUT2D eigenvalue weighted by Gasteiger charge is -2.32. The molecule has 1 aliphatic heterocycles. The molecule has 3 aliphatic rings. The van der Waals surface area contributed by atoms with Crippen molar-refractivity contribution in [2.24, 2.45) is 5.92 Å². The SMILES string of the molecule is c1ccc(CN2CCC(CCNC3CC34CCc3ccccc34)CC2)cc1. The standard InChI is InChI=1S/C25H32N2/c1-2-6-21(7-3-1)19-27-16-12-20(13-17-27)11-15-26-24-18-25(24)14-10-22-8-4-5-9-23(22)25/h1-9,20,24,26H,10-19H2. The third-order valence-corrected chi connectivity index (χ3v) is 7.37. The lowest BCUT2D eigenvalue weighted by atomic mass is 9.93. The average Bonchev–Trinajstić information content (AvgIpc) is 3.29. The van der Waals surface area contributed by atoms with Gasteiger partial charge < -0.3 is 5.32 Å². The predicted molar refractivity (Wildman–Crippen MR) is 112 cm³/mol. The van der Waals surface area contributed by atoms with Crippen molar-refractivity contribution in [1.29, 1.82) is 0 Å². The Hall–Kier alpha value is -1.64. The molecular formula is C25H32N2. The van der Waals surface area contributed by atoms with Gasteiger partial charge in [0.15, 0.2) is 0 Å². The molecule has 2 atom stereocenters. The molecule has 1 spiro atoms. The molecule has 1 saturated heterocycles. The lowest BCUT2D eigenvalue weighted by molar-refractivity contribution is 0.172. The van der Waals surface area contributed by atoms with Crippen molar-refractivity contribution in [3.05, 3.63) is 71.3 Å². The largest absolute Gasteiger partial charge is 0.313 e. The number of hydrogen-bond donors (Lipinski definition) is 1. The Morgan fingerprint density at radius 3 is 2.59 bits per heavy atom. The van der Waals surface area contributed by atoms with Crippen LogP contribution in [0.3, 0.4) is 0 Å². The normalized spacial score (nSPS) is 27.8. The number of benzene rings is 2. The van der Waals surface area contributed by atoms with Gasteiger partial charge in [0.2, 0.25) is 0 Å². The van der Waals surface area contributed by atoms with Gasteiger partial charge in [-0.25, -0.2) is 0 Å². The van der Waals surface area contributed by atoms with E-state index in [1.807, 2.05) is 0 Å². The molecule has 2 fully saturated rings. The topological polar surface area (TPSA) is 15.3 Å². The van der Waals surface area contributed by atoms with Gasteiger partial charge in [-0.3, -0.25) is 4.90 Å². The van der Waals surface area contributed by atoms with Crippen molar-refractivity contribution in [1.82, 2.24) is 10.2 Å². The molecule has 2 nitrogen and oxygen atoms in total. The molecule has 0 aromatic heterocycles. The Morgan fingerprint density at radius 1 is 0.963 bits per heavy atom. The van der Waals surface area contributed by atoms with Crippen molar-refractivity contribution >= 4 is 0 Å². The van der Waals surface area contributed by atoms with E-state index in [0.29, 0.717) is 5.41 Å². The van der Waals surface area contributed by atoms with Crippen LogP contribution in [0.15, 0.2) is 54.6 Å². The molecule has 27 heavy (non-hydrogen) atoms. The first-order valence-electron chi connectivity index (χ1n) is 10.9. The molecule has 2 heteroatoms. The molecule has 2 unspecified atom stereocenters. The minimum atomic E-state index is 0.496. The third kappa shape index (κ3) is 3.58. The molecule has 1 heterocycles. The van der Waals surface area contributed by atoms with Gasteiger partial charge in [-0.15, -0.1) is 0 Å². The summed E-state index contributed by atoms with van der Waals surface area (Å²) >= 11 is 0. The Bertz CT molecular complexity index is 763. The van der Waals surface area contributed by atoms with Crippen molar-refractivity contribution in [3.63, 3.8) is 0 Å². The Morgan fingerprint density at radius 2 is 1.74 bits per heavy atom. The number of hydrogen-bond acceptors (Lipinski definition) is 2. The smallest absolute Gasteiger partial charge is 0.0233 e. The van der Waals surface area contributed by atoms with Crippen LogP contribution in [0.25, 0.3) is 0 Å². The van der Waals surface area contributed by atoms with Crippen LogP contribution in [0.4, 0.5) is 0 Å². The zero-order valence-corrected chi connectivity index (χ0v) is 16.4. The van der Waals surface area contributed by atoms with Gasteiger partial charge in [0, 0.05) is 18.0 Å². The van der Waals surface area contributed by atoms with Crippen molar-refractivity contribution in [3.8, 4) is 0 Å². The number of likely N-dealkylation sites (tertiary alicyclic amines) is 1. The highest BCUT2D eigenvalue weighted by molar-refractivity contribution is 5.46. The second-order valence-electron chi connectivity index (χ2n) is 9.02. The van der Waals surface area contributed by atoms with E-state index >= 15 is 0 Å². The number of aryl methyl sites for hydroxylation is 1. The summed E-state index contributed by atoms with van der Waals surface area (Å²) in [7, 11) is 0. The van der Waals surface area contributed by atoms with Crippen LogP contribution in [-0.2, 0) is 18.4 Å². The van der Waals surface area contributed by atoms with Crippen LogP contribution in [0.1, 0.15) is 48.8 Å². The quantitative estimate of drug-likeness (QED) is 0.814. The van der Waals surface area contributed by atoms with Crippen LogP contribution in [-0.4, -0.2) is 30.6 Å². The van der Waals surface area contributed by atoms with Crippen molar-refractivity contribution < 1.29 is 0 Å². The summed E-state index contributed by atoms with van der Waals surface area (Å²) in [5.41, 5.74) is 5.20. The molecule has 0 amide bonds. The molecule has 1 saturated carbocycles. The van der Waals surface area contributed by atoms with Crippen molar-refractivity contribution in [2.75, 3.05) is 19.6 Å². The van der Waals surface area contributed by atoms with E-state index in [1.165, 1.54) is 63.7 Å². The monoisotopic (exact) mass is 360 g/mol. The predicted octanol–water partition coefficient (Wildman–Crippen LogP) is 4.53. The van der Waals surface area contributed by atoms with Crippen molar-refractivity contribution in [2.45, 2.75) is 56.5 Å². The fourth-order valence-electron chi connectivity index (χ4n) is 5.60. The maximum absolute atomic E-state index is 3.92. The van der Waals surface area contributed by atoms with Gasteiger partial charge in [-0.05, 0) is 80.8 Å². The summed E-state index contributed by atoms with van der Waals surface area (Å²) in [5.74, 6) is 0.912. The van der Waals surface area contributed by atoms with E-state index in [-0.39, 0.29) is 0 Å². The number of fused-ring (bicyclic) bond motifs is 2. The first-order chi connectivity index (χ1) is 13.3. The molecule has 0 bridgehead atoms. The van der Waals surface area contributed by atoms with Gasteiger partial charge >= 0.3 is 0 Å². The van der Waals surface area contributed by atoms with Crippen LogP contribution in [0.2, 0.25) is 0 Å². The molecule has 1 N–H and O–H groups in total. The molecule has 2 aromatic carbocycles. The lowest BCUT2D eigenvalue weighted by Crippen LogP contribution is -2.34. The number of nitrogens with zero attached hydrogens (tertiary/aromatic N) is 1. The minimum absolute atomic E-state index is 0.496. The summed E-state index contributed by atoms with van der Waals surface area (Å²) in [6, 6.07) is 20.8. The highest BCUT2D eigenvalue weighted by Gasteiger charge is 2.57. The number of piperidine rings is 1. The van der Waals surface area contributed by atoms with E-state index < -0.39 is 0 Å². The summed E-state index contributed by atoms with van der Waals surface area (Å²) in [6.07, 6.45) is 8.10. The van der Waals surface area contributed by atoms with E-state index in [9.17, 15) is 0 Å². The van der Waals surface area contributed by atoms with E-state index in [0.717, 1.165) is 18.5 Å². The van der Waals surface area contributed by atoms with E-state index in [4.69, 9.17) is 0 Å². The zero-order valence-electron chi connectivity index (χ0n) is 16.4. The van der Waals surface area contributed by atoms with Gasteiger partial charge in [-0.1, -0.05) is 54.6 Å². The highest BCUT2D eigenvalue weighted by Crippen LogP contribution is 2.56. The fourth-order valence-corrected chi connectivity index (χ4v) is 5.60. The number of rotatable bonds is 6. The third-order valence-electron chi connectivity index (χ3n) is 7.37. The maximum atomic E-state index is 3.92. The zero-order chi connectivity index (χ0) is 18.1. The fraction of sp³-hybridized carbons (Fsp3) is 0.520. The van der Waals surface area contributed by atoms with Crippen LogP contribution >= 0.6 is 0 Å². The Kier molecular flexibility index (Phi) is 4.79. The van der Waals surface area contributed by atoms with Gasteiger partial charge in [0.05, 0.1) is 0 Å². The first kappa shape index (κ1) is 17.5. The van der Waals surface area contributed by atoms with Gasteiger partial charge in [-0.2, -0.15) is 0 Å². The molecule has 2 aliphatic carbocycles. The Labute approximate surface area is 164 Å². The summed E-state index contributed by atoms with van der Waals surface area (Å²) in [4.78, 5) is 2.63. The summed E-state index contributed by atoms with van der Waals surface area (Å²) in [5, 5.41) is 3.92. The number of nitrogens with one attached hydrogen (secondary N) is 1. The maximum Gasteiger partial charge on any atom is 0.0233 e. The van der Waals surface area contributed by atoms with E-state index in [1.54, 1.807) is 11.1 Å². The van der Waals surface area contributed by atoms with Crippen LogP contribution < -0.4 is 5.32 Å². The summed E-state index contributed by atoms with van der Waals surface area (Å²) < 4.78 is 0. The molecule has 142 valence electrons. The molecular weight excluding hydrogens is 328 g/mol. The molecule has 5 rings (SSSR count). The van der Waals surface area contributed by atoms with Gasteiger partial charge in [0.1, 0.15) is 0 Å². The first-order valence-corrected chi connectivity index (χ1v) is 10.9. The Balaban J connectivity index is 1.04. The van der Waals surface area contributed by atoms with Gasteiger partial charge in [0.25, 0.3) is 0 Å². The molecule has 0 radical (unpaired) electrons. The highest BCUT2D eigenvalue weighted by atomic mass is 15.1. The average molecular weight is 361 g/mol. The van der Waals surface area contributed by atoms with Crippen LogP contribution in [0, 0.1) is 5.92 Å². The van der Waals surface area contributed by atoms with Crippen LogP contribution in [0.5, 0.6) is 0 Å². The summed E-state index contributed by atoms with van der Waals surface area (Å²) in [6.45, 7) is 4.86. The minimum Gasteiger partial charge on any atom is -0.313 e.